The number of benzene rings is 1. The average molecular weight is 250 g/mol. The molecule has 0 saturated heterocycles. The first-order valence-corrected chi connectivity index (χ1v) is 5.77. The van der Waals surface area contributed by atoms with Gasteiger partial charge in [0.25, 0.3) is 5.91 Å². The second-order valence-electron chi connectivity index (χ2n) is 4.34. The van der Waals surface area contributed by atoms with Crippen LogP contribution in [-0.2, 0) is 4.79 Å². The zero-order chi connectivity index (χ0) is 13.7. The van der Waals surface area contributed by atoms with E-state index in [2.05, 4.69) is 13.8 Å². The lowest BCUT2D eigenvalue weighted by Crippen LogP contribution is -2.42. The van der Waals surface area contributed by atoms with Crippen molar-refractivity contribution in [3.05, 3.63) is 29.8 Å². The van der Waals surface area contributed by atoms with E-state index in [1.54, 1.807) is 19.1 Å². The van der Waals surface area contributed by atoms with Crippen molar-refractivity contribution >= 4 is 11.9 Å². The molecule has 18 heavy (non-hydrogen) atoms. The van der Waals surface area contributed by atoms with Gasteiger partial charge < -0.3 is 10.5 Å². The fourth-order valence-corrected chi connectivity index (χ4v) is 1.41. The third kappa shape index (κ3) is 4.08. The Bertz CT molecular complexity index is 426. The number of amides is 3. The number of hydrogen-bond donors (Lipinski definition) is 2. The number of primary amides is 1. The Morgan fingerprint density at radius 1 is 1.17 bits per heavy atom. The number of urea groups is 1. The van der Waals surface area contributed by atoms with Gasteiger partial charge in [0.05, 0.1) is 0 Å². The molecule has 1 atom stereocenters. The Morgan fingerprint density at radius 3 is 2.17 bits per heavy atom. The van der Waals surface area contributed by atoms with Gasteiger partial charge in [0.2, 0.25) is 0 Å². The van der Waals surface area contributed by atoms with E-state index >= 15 is 0 Å². The van der Waals surface area contributed by atoms with Crippen molar-refractivity contribution in [2.45, 2.75) is 32.8 Å². The Kier molecular flexibility index (Phi) is 4.71. The quantitative estimate of drug-likeness (QED) is 0.854. The molecule has 5 heteroatoms. The summed E-state index contributed by atoms with van der Waals surface area (Å²) in [6.45, 7) is 5.74. The van der Waals surface area contributed by atoms with Crippen LogP contribution in [0, 0.1) is 0 Å². The molecular formula is C13H18N2O3. The van der Waals surface area contributed by atoms with Crippen LogP contribution in [0.15, 0.2) is 24.3 Å². The zero-order valence-electron chi connectivity index (χ0n) is 10.8. The molecule has 0 bridgehead atoms. The molecule has 1 rings (SSSR count). The molecule has 5 nitrogen and oxygen atoms in total. The van der Waals surface area contributed by atoms with Gasteiger partial charge in [-0.1, -0.05) is 26.0 Å². The summed E-state index contributed by atoms with van der Waals surface area (Å²) in [5.74, 6) is 0.455. The van der Waals surface area contributed by atoms with Crippen LogP contribution in [0.25, 0.3) is 0 Å². The molecule has 0 aliphatic carbocycles. The lowest BCUT2D eigenvalue weighted by molar-refractivity contribution is -0.126. The molecule has 98 valence electrons. The molecule has 3 amide bonds. The van der Waals surface area contributed by atoms with Gasteiger partial charge in [-0.15, -0.1) is 0 Å². The van der Waals surface area contributed by atoms with E-state index < -0.39 is 18.0 Å². The number of carbonyl (C=O) groups excluding carboxylic acids is 2. The van der Waals surface area contributed by atoms with Gasteiger partial charge in [-0.05, 0) is 30.5 Å². The molecule has 0 spiro atoms. The monoisotopic (exact) mass is 250 g/mol. The third-order valence-corrected chi connectivity index (χ3v) is 2.48. The van der Waals surface area contributed by atoms with Crippen molar-refractivity contribution in [3.63, 3.8) is 0 Å². The van der Waals surface area contributed by atoms with E-state index in [1.807, 2.05) is 17.4 Å². The number of imide groups is 1. The normalized spacial score (nSPS) is 12.0. The smallest absolute Gasteiger partial charge is 0.318 e. The first-order chi connectivity index (χ1) is 8.40. The fraction of sp³-hybridized carbons (Fsp3) is 0.385. The number of nitrogens with two attached hydrogens (primary N) is 1. The van der Waals surface area contributed by atoms with Crippen molar-refractivity contribution in [1.29, 1.82) is 0 Å². The van der Waals surface area contributed by atoms with Crippen LogP contribution in [-0.4, -0.2) is 18.0 Å². The van der Waals surface area contributed by atoms with Crippen LogP contribution in [0.2, 0.25) is 0 Å². The minimum absolute atomic E-state index is 0.439. The summed E-state index contributed by atoms with van der Waals surface area (Å²) < 4.78 is 5.39. The predicted molar refractivity (Wildman–Crippen MR) is 68.3 cm³/mol. The largest absolute Gasteiger partial charge is 0.481 e. The summed E-state index contributed by atoms with van der Waals surface area (Å²) in [6.07, 6.45) is -0.776. The van der Waals surface area contributed by atoms with Crippen molar-refractivity contribution in [3.8, 4) is 5.75 Å². The highest BCUT2D eigenvalue weighted by Crippen LogP contribution is 2.19. The van der Waals surface area contributed by atoms with Gasteiger partial charge in [-0.2, -0.15) is 0 Å². The Balaban J connectivity index is 2.61. The summed E-state index contributed by atoms with van der Waals surface area (Å²) in [5.41, 5.74) is 6.04. The molecule has 0 aromatic heterocycles. The molecule has 0 aliphatic heterocycles. The zero-order valence-corrected chi connectivity index (χ0v) is 10.8. The highest BCUT2D eigenvalue weighted by atomic mass is 16.5. The van der Waals surface area contributed by atoms with Crippen molar-refractivity contribution in [2.24, 2.45) is 5.73 Å². The summed E-state index contributed by atoms with van der Waals surface area (Å²) in [5, 5.41) is 1.97. The Hall–Kier alpha value is -2.04. The standard InChI is InChI=1S/C13H18N2O3/c1-8(2)10-4-6-11(7-5-10)18-9(3)12(16)15-13(14)17/h4-9H,1-3H3,(H3,14,15,16,17)/t9-/m1/s1. The fourth-order valence-electron chi connectivity index (χ4n) is 1.41. The summed E-state index contributed by atoms with van der Waals surface area (Å²) >= 11 is 0. The summed E-state index contributed by atoms with van der Waals surface area (Å²) in [4.78, 5) is 21.9. The SMILES string of the molecule is CC(C)c1ccc(O[C@H](C)C(=O)NC(N)=O)cc1. The molecule has 0 heterocycles. The predicted octanol–water partition coefficient (Wildman–Crippen LogP) is 1.77. The maximum absolute atomic E-state index is 11.4. The van der Waals surface area contributed by atoms with E-state index in [0.717, 1.165) is 0 Å². The number of nitrogens with one attached hydrogen (secondary N) is 1. The van der Waals surface area contributed by atoms with Crippen molar-refractivity contribution in [2.75, 3.05) is 0 Å². The highest BCUT2D eigenvalue weighted by Gasteiger charge is 2.15. The minimum Gasteiger partial charge on any atom is -0.481 e. The van der Waals surface area contributed by atoms with Crippen LogP contribution >= 0.6 is 0 Å². The molecule has 0 saturated carbocycles. The molecule has 0 aliphatic rings. The molecular weight excluding hydrogens is 232 g/mol. The number of rotatable bonds is 4. The summed E-state index contributed by atoms with van der Waals surface area (Å²) in [6, 6.07) is 6.59. The summed E-state index contributed by atoms with van der Waals surface area (Å²) in [7, 11) is 0. The second-order valence-corrected chi connectivity index (χ2v) is 4.34. The van der Waals surface area contributed by atoms with Crippen LogP contribution < -0.4 is 15.8 Å². The van der Waals surface area contributed by atoms with Crippen molar-refractivity contribution < 1.29 is 14.3 Å². The van der Waals surface area contributed by atoms with Gasteiger partial charge in [-0.3, -0.25) is 10.1 Å². The van der Waals surface area contributed by atoms with Crippen LogP contribution in [0.5, 0.6) is 5.75 Å². The van der Waals surface area contributed by atoms with Crippen molar-refractivity contribution in [1.82, 2.24) is 5.32 Å². The highest BCUT2D eigenvalue weighted by molar-refractivity contribution is 5.95. The average Bonchev–Trinajstić information content (AvgIpc) is 2.28. The number of ether oxygens (including phenoxy) is 1. The first kappa shape index (κ1) is 14.0. The molecule has 0 unspecified atom stereocenters. The van der Waals surface area contributed by atoms with E-state index in [9.17, 15) is 9.59 Å². The van der Waals surface area contributed by atoms with Gasteiger partial charge in [0, 0.05) is 0 Å². The molecule has 3 N–H and O–H groups in total. The Labute approximate surface area is 106 Å². The molecule has 0 fully saturated rings. The lowest BCUT2D eigenvalue weighted by atomic mass is 10.0. The van der Waals surface area contributed by atoms with Crippen LogP contribution in [0.1, 0.15) is 32.3 Å². The van der Waals surface area contributed by atoms with Gasteiger partial charge in [-0.25, -0.2) is 4.79 Å². The maximum atomic E-state index is 11.4. The number of carbonyl (C=O) groups is 2. The van der Waals surface area contributed by atoms with Gasteiger partial charge in [0.1, 0.15) is 5.75 Å². The number of hydrogen-bond acceptors (Lipinski definition) is 3. The van der Waals surface area contributed by atoms with Gasteiger partial charge in [0.15, 0.2) is 6.10 Å². The van der Waals surface area contributed by atoms with Gasteiger partial charge >= 0.3 is 6.03 Å². The van der Waals surface area contributed by atoms with Crippen LogP contribution in [0.3, 0.4) is 0 Å². The second kappa shape index (κ2) is 6.05. The maximum Gasteiger partial charge on any atom is 0.318 e. The molecule has 0 radical (unpaired) electrons. The first-order valence-electron chi connectivity index (χ1n) is 5.77. The van der Waals surface area contributed by atoms with E-state index in [-0.39, 0.29) is 0 Å². The van der Waals surface area contributed by atoms with E-state index in [4.69, 9.17) is 10.5 Å². The topological polar surface area (TPSA) is 81.4 Å². The van der Waals surface area contributed by atoms with Crippen LogP contribution in [0.4, 0.5) is 4.79 Å². The molecule has 1 aromatic rings. The Morgan fingerprint density at radius 2 is 1.72 bits per heavy atom. The lowest BCUT2D eigenvalue weighted by Gasteiger charge is -2.14. The minimum atomic E-state index is -0.884. The van der Waals surface area contributed by atoms with E-state index in [1.165, 1.54) is 5.56 Å². The third-order valence-electron chi connectivity index (χ3n) is 2.48. The molecule has 1 aromatic carbocycles. The van der Waals surface area contributed by atoms with E-state index in [0.29, 0.717) is 11.7 Å².